The first-order valence-corrected chi connectivity index (χ1v) is 19.1. The van der Waals surface area contributed by atoms with Crippen LogP contribution in [0, 0.1) is 5.92 Å². The van der Waals surface area contributed by atoms with Gasteiger partial charge in [-0.2, -0.15) is 0 Å². The van der Waals surface area contributed by atoms with E-state index in [0.717, 1.165) is 74.3 Å². The van der Waals surface area contributed by atoms with Crippen molar-refractivity contribution in [2.45, 2.75) is 114 Å². The van der Waals surface area contributed by atoms with Crippen LogP contribution < -0.4 is 10.6 Å². The van der Waals surface area contributed by atoms with Crippen molar-refractivity contribution < 1.29 is 28.7 Å². The highest BCUT2D eigenvalue weighted by Gasteiger charge is 2.46. The zero-order valence-electron chi connectivity index (χ0n) is 31.2. The Balaban J connectivity index is 0.995. The predicted molar refractivity (Wildman–Crippen MR) is 196 cm³/mol. The highest BCUT2D eigenvalue weighted by molar-refractivity contribution is 5.86. The minimum Gasteiger partial charge on any atom is -0.453 e. The number of H-pyrrole nitrogens is 2. The van der Waals surface area contributed by atoms with Crippen LogP contribution >= 0.6 is 0 Å². The number of hydrogen-bond acceptors (Lipinski definition) is 8. The third-order valence-corrected chi connectivity index (χ3v) is 12.3. The Morgan fingerprint density at radius 2 is 1.36 bits per heavy atom. The summed E-state index contributed by atoms with van der Waals surface area (Å²) in [6.45, 7) is 4.61. The Morgan fingerprint density at radius 1 is 0.774 bits per heavy atom. The molecule has 4 aliphatic rings. The molecule has 4 fully saturated rings. The Kier molecular flexibility index (Phi) is 10.5. The van der Waals surface area contributed by atoms with Crippen molar-refractivity contribution in [2.75, 3.05) is 27.3 Å². The molecule has 53 heavy (non-hydrogen) atoms. The summed E-state index contributed by atoms with van der Waals surface area (Å²) < 4.78 is 9.35. The van der Waals surface area contributed by atoms with Gasteiger partial charge < -0.3 is 39.9 Å². The van der Waals surface area contributed by atoms with E-state index in [1.54, 1.807) is 18.7 Å². The van der Waals surface area contributed by atoms with Gasteiger partial charge in [0, 0.05) is 30.4 Å². The fourth-order valence-electron chi connectivity index (χ4n) is 9.52. The molecule has 2 saturated heterocycles. The number of amides is 4. The van der Waals surface area contributed by atoms with Gasteiger partial charge in [0.2, 0.25) is 11.8 Å². The monoisotopic (exact) mass is 728 g/mol. The number of methoxy groups -OCH3 is 2. The lowest BCUT2D eigenvalue weighted by atomic mass is 9.56. The molecule has 7 atom stereocenters. The van der Waals surface area contributed by atoms with Gasteiger partial charge in [0.1, 0.15) is 23.7 Å². The van der Waals surface area contributed by atoms with E-state index in [2.05, 4.69) is 59.3 Å². The van der Waals surface area contributed by atoms with E-state index in [0.29, 0.717) is 24.9 Å². The average molecular weight is 729 g/mol. The fraction of sp³-hybridized carbons (Fsp3) is 0.590. The summed E-state index contributed by atoms with van der Waals surface area (Å²) >= 11 is 0. The van der Waals surface area contributed by atoms with E-state index in [1.807, 2.05) is 17.3 Å². The summed E-state index contributed by atoms with van der Waals surface area (Å²) in [5.74, 6) is 2.38. The molecule has 3 aromatic rings. The highest BCUT2D eigenvalue weighted by atomic mass is 16.5. The van der Waals surface area contributed by atoms with E-state index < -0.39 is 24.3 Å². The lowest BCUT2D eigenvalue weighted by Gasteiger charge is -2.48. The van der Waals surface area contributed by atoms with Gasteiger partial charge >= 0.3 is 12.2 Å². The number of carbonyl (C=O) groups is 4. The van der Waals surface area contributed by atoms with Crippen LogP contribution in [0.2, 0.25) is 0 Å². The molecular formula is C39H52N8O6. The molecule has 0 spiro atoms. The van der Waals surface area contributed by atoms with Crippen LogP contribution in [0.25, 0.3) is 11.3 Å². The number of likely N-dealkylation sites (tertiary alicyclic amines) is 2. The maximum atomic E-state index is 13.3. The number of aromatic nitrogens is 4. The van der Waals surface area contributed by atoms with Gasteiger partial charge in [-0.25, -0.2) is 19.6 Å². The van der Waals surface area contributed by atoms with E-state index in [9.17, 15) is 19.2 Å². The molecule has 14 heteroatoms. The average Bonchev–Trinajstić information content (AvgIpc) is 4.01. The van der Waals surface area contributed by atoms with Crippen LogP contribution in [0.1, 0.15) is 119 Å². The molecule has 7 rings (SSSR count). The number of ether oxygens (including phenoxy) is 2. The van der Waals surface area contributed by atoms with Crippen molar-refractivity contribution in [1.29, 1.82) is 0 Å². The topological polar surface area (TPSA) is 175 Å². The molecule has 4 heterocycles. The van der Waals surface area contributed by atoms with Crippen molar-refractivity contribution >= 4 is 24.0 Å². The Morgan fingerprint density at radius 3 is 1.96 bits per heavy atom. The summed E-state index contributed by atoms with van der Waals surface area (Å²) in [6.07, 6.45) is 12.8. The van der Waals surface area contributed by atoms with E-state index in [1.165, 1.54) is 38.3 Å². The molecule has 2 aliphatic heterocycles. The summed E-state index contributed by atoms with van der Waals surface area (Å²) in [6, 6.07) is 7.22. The third kappa shape index (κ3) is 7.24. The van der Waals surface area contributed by atoms with E-state index >= 15 is 0 Å². The summed E-state index contributed by atoms with van der Waals surface area (Å²) in [5, 5.41) is 5.18. The molecule has 2 bridgehead atoms. The largest absolute Gasteiger partial charge is 0.453 e. The number of imidazole rings is 2. The normalized spacial score (nSPS) is 26.5. The molecule has 14 nitrogen and oxygen atoms in total. The van der Waals surface area contributed by atoms with Crippen LogP contribution in [0.15, 0.2) is 36.7 Å². The minimum atomic E-state index is -0.691. The zero-order valence-corrected chi connectivity index (χ0v) is 31.2. The van der Waals surface area contributed by atoms with Gasteiger partial charge in [-0.15, -0.1) is 0 Å². The maximum absolute atomic E-state index is 13.3. The van der Waals surface area contributed by atoms with Gasteiger partial charge in [0.25, 0.3) is 0 Å². The molecule has 0 radical (unpaired) electrons. The van der Waals surface area contributed by atoms with Crippen molar-refractivity contribution in [3.05, 3.63) is 59.6 Å². The number of alkyl carbamates (subject to hydrolysis) is 2. The molecule has 1 aromatic carbocycles. The van der Waals surface area contributed by atoms with Gasteiger partial charge in [-0.3, -0.25) is 9.59 Å². The van der Waals surface area contributed by atoms with Gasteiger partial charge in [0.05, 0.1) is 38.2 Å². The van der Waals surface area contributed by atoms with Crippen LogP contribution in [-0.4, -0.2) is 93.1 Å². The van der Waals surface area contributed by atoms with Crippen molar-refractivity contribution in [3.63, 3.8) is 0 Å². The maximum Gasteiger partial charge on any atom is 0.407 e. The van der Waals surface area contributed by atoms with E-state index in [-0.39, 0.29) is 29.3 Å². The predicted octanol–water partition coefficient (Wildman–Crippen LogP) is 5.62. The first kappa shape index (κ1) is 36.5. The van der Waals surface area contributed by atoms with Crippen molar-refractivity contribution in [1.82, 2.24) is 40.4 Å². The summed E-state index contributed by atoms with van der Waals surface area (Å²) in [4.78, 5) is 70.2. The number of carbonyl (C=O) groups excluding carboxylic acids is 4. The number of hydrogen-bond donors (Lipinski definition) is 4. The van der Waals surface area contributed by atoms with Gasteiger partial charge in [-0.05, 0) is 94.6 Å². The first-order valence-electron chi connectivity index (χ1n) is 19.1. The molecule has 3 unspecified atom stereocenters. The molecule has 4 N–H and O–H groups in total. The molecule has 2 aromatic heterocycles. The zero-order chi connectivity index (χ0) is 37.3. The van der Waals surface area contributed by atoms with Crippen LogP contribution in [0.3, 0.4) is 0 Å². The van der Waals surface area contributed by atoms with Crippen LogP contribution in [0.5, 0.6) is 0 Å². The Hall–Kier alpha value is -4.88. The number of nitrogens with zero attached hydrogens (tertiary/aromatic N) is 4. The Bertz CT molecular complexity index is 1810. The lowest BCUT2D eigenvalue weighted by molar-refractivity contribution is -0.134. The SMILES string of the molecule is COC(=O)N[C@H](C)C(=O)N1CCC[C@H]1c1ncc(-c2ccc(C3CCC4(c5cnc([C@@H]6CCCN6C(=O)[C@@H](C)NC(=O)OC)[nH]5)CCCC3C4)cc2)[nH]1. The van der Waals surface area contributed by atoms with Crippen molar-refractivity contribution in [3.8, 4) is 11.3 Å². The second-order valence-corrected chi connectivity index (χ2v) is 15.4. The second-order valence-electron chi connectivity index (χ2n) is 15.4. The molecule has 4 amide bonds. The standard InChI is InChI=1S/C39H52N8O6/c1-23(42-37(50)52-3)35(48)46-18-6-9-30(46)33-40-21-29(44-33)26-13-11-25(12-14-26)28-15-17-39(16-5-8-27(28)20-39)32-22-41-34(45-32)31-10-7-19-47(31)36(49)24(2)43-38(51)53-4/h11-14,21-24,27-28,30-31H,5-10,15-20H2,1-4H3,(H,40,44)(H,41,45)(H,42,50)(H,43,51)/t23-,24-,27?,28?,30+,31+,39?/m1/s1. The van der Waals surface area contributed by atoms with Gasteiger partial charge in [-0.1, -0.05) is 30.7 Å². The lowest BCUT2D eigenvalue weighted by Crippen LogP contribution is -2.46. The second kappa shape index (κ2) is 15.2. The van der Waals surface area contributed by atoms with Crippen LogP contribution in [-0.2, 0) is 24.5 Å². The highest BCUT2D eigenvalue weighted by Crippen LogP contribution is 2.55. The van der Waals surface area contributed by atoms with Crippen LogP contribution in [0.4, 0.5) is 9.59 Å². The Labute approximate surface area is 310 Å². The fourth-order valence-corrected chi connectivity index (χ4v) is 9.52. The third-order valence-electron chi connectivity index (χ3n) is 12.3. The summed E-state index contributed by atoms with van der Waals surface area (Å²) in [5.41, 5.74) is 4.59. The van der Waals surface area contributed by atoms with Gasteiger partial charge in [0.15, 0.2) is 0 Å². The first-order chi connectivity index (χ1) is 25.6. The smallest absolute Gasteiger partial charge is 0.407 e. The number of nitrogens with one attached hydrogen (secondary N) is 4. The van der Waals surface area contributed by atoms with E-state index in [4.69, 9.17) is 4.98 Å². The molecular weight excluding hydrogens is 676 g/mol. The minimum absolute atomic E-state index is 0.0623. The van der Waals surface area contributed by atoms with Crippen molar-refractivity contribution in [2.24, 2.45) is 5.92 Å². The quantitative estimate of drug-likeness (QED) is 0.220. The molecule has 284 valence electrons. The molecule has 2 aliphatic carbocycles. The number of rotatable bonds is 9. The number of fused-ring (bicyclic) bond motifs is 2. The number of aromatic amines is 2. The number of benzene rings is 1. The molecule has 2 saturated carbocycles. The summed E-state index contributed by atoms with van der Waals surface area (Å²) in [7, 11) is 2.58.